The number of rotatable bonds is 2. The minimum Gasteiger partial charge on any atom is -0.469 e. The van der Waals surface area contributed by atoms with Gasteiger partial charge in [0.1, 0.15) is 11.3 Å². The zero-order chi connectivity index (χ0) is 13.4. The van der Waals surface area contributed by atoms with E-state index < -0.39 is 0 Å². The number of anilines is 1. The molecule has 0 spiro atoms. The van der Waals surface area contributed by atoms with Gasteiger partial charge in [-0.1, -0.05) is 11.6 Å². The van der Waals surface area contributed by atoms with Gasteiger partial charge >= 0.3 is 0 Å². The van der Waals surface area contributed by atoms with E-state index in [1.54, 1.807) is 13.0 Å². The first kappa shape index (κ1) is 11.7. The van der Waals surface area contributed by atoms with Crippen LogP contribution in [0.4, 0.5) is 5.95 Å². The lowest BCUT2D eigenvalue weighted by molar-refractivity contribution is 0.102. The molecule has 3 heterocycles. The third-order valence-corrected chi connectivity index (χ3v) is 2.84. The fraction of sp³-hybridized carbons (Fsp3) is 0.0909. The van der Waals surface area contributed by atoms with Crippen LogP contribution in [0.25, 0.3) is 11.2 Å². The van der Waals surface area contributed by atoms with Crippen molar-refractivity contribution in [3.05, 3.63) is 35.1 Å². The number of nitrogens with zero attached hydrogens (tertiary/aromatic N) is 3. The van der Waals surface area contributed by atoms with Crippen LogP contribution in [0.3, 0.4) is 0 Å². The Morgan fingerprint density at radius 3 is 3.05 bits per heavy atom. The van der Waals surface area contributed by atoms with Crippen molar-refractivity contribution in [2.24, 2.45) is 0 Å². The fourth-order valence-corrected chi connectivity index (χ4v) is 1.86. The van der Waals surface area contributed by atoms with Gasteiger partial charge < -0.3 is 9.40 Å². The molecule has 96 valence electrons. The van der Waals surface area contributed by atoms with Gasteiger partial charge in [0.05, 0.1) is 18.2 Å². The van der Waals surface area contributed by atoms with E-state index in [0.717, 1.165) is 0 Å². The average molecular weight is 278 g/mol. The maximum absolute atomic E-state index is 12.0. The van der Waals surface area contributed by atoms with E-state index in [-0.39, 0.29) is 17.0 Å². The molecule has 19 heavy (non-hydrogen) atoms. The molecule has 1 amide bonds. The summed E-state index contributed by atoms with van der Waals surface area (Å²) in [5.74, 6) is 0.247. The van der Waals surface area contributed by atoms with E-state index in [1.807, 2.05) is 0 Å². The topological polar surface area (TPSA) is 96.7 Å². The molecular formula is C11H8ClN5O2. The van der Waals surface area contributed by atoms with Crippen LogP contribution in [-0.4, -0.2) is 25.8 Å². The molecular weight excluding hydrogens is 270 g/mol. The predicted molar refractivity (Wildman–Crippen MR) is 68.1 cm³/mol. The molecule has 7 nitrogen and oxygen atoms in total. The van der Waals surface area contributed by atoms with E-state index in [0.29, 0.717) is 22.5 Å². The van der Waals surface area contributed by atoms with Crippen molar-refractivity contribution in [2.45, 2.75) is 6.92 Å². The quantitative estimate of drug-likeness (QED) is 0.700. The highest BCUT2D eigenvalue weighted by atomic mass is 35.5. The number of carbonyl (C=O) groups excluding carboxylic acids is 1. The minimum absolute atomic E-state index is 0.0928. The minimum atomic E-state index is -0.364. The number of aryl methyl sites for hydroxylation is 1. The highest BCUT2D eigenvalue weighted by Crippen LogP contribution is 2.19. The Bertz CT molecular complexity index is 763. The van der Waals surface area contributed by atoms with Gasteiger partial charge in [0.15, 0.2) is 10.8 Å². The molecule has 0 atom stereocenters. The Morgan fingerprint density at radius 2 is 2.32 bits per heavy atom. The number of amides is 1. The number of halogens is 1. The highest BCUT2D eigenvalue weighted by Gasteiger charge is 2.14. The smallest absolute Gasteiger partial charge is 0.261 e. The van der Waals surface area contributed by atoms with Crippen molar-refractivity contribution in [1.29, 1.82) is 0 Å². The van der Waals surface area contributed by atoms with E-state index in [4.69, 9.17) is 16.0 Å². The number of aromatic amines is 1. The molecule has 0 aliphatic rings. The molecule has 8 heteroatoms. The summed E-state index contributed by atoms with van der Waals surface area (Å²) in [6.07, 6.45) is 2.89. The average Bonchev–Trinajstić information content (AvgIpc) is 2.97. The largest absolute Gasteiger partial charge is 0.469 e. The molecule has 0 aliphatic carbocycles. The molecule has 2 N–H and O–H groups in total. The zero-order valence-corrected chi connectivity index (χ0v) is 10.5. The summed E-state index contributed by atoms with van der Waals surface area (Å²) in [7, 11) is 0. The van der Waals surface area contributed by atoms with Gasteiger partial charge in [0, 0.05) is 0 Å². The van der Waals surface area contributed by atoms with Crippen LogP contribution < -0.4 is 5.32 Å². The van der Waals surface area contributed by atoms with Crippen LogP contribution in [0.15, 0.2) is 23.1 Å². The normalized spacial score (nSPS) is 10.8. The number of fused-ring (bicyclic) bond motifs is 1. The second-order valence-electron chi connectivity index (χ2n) is 3.78. The fourth-order valence-electron chi connectivity index (χ4n) is 1.64. The Kier molecular flexibility index (Phi) is 2.68. The number of H-pyrrole nitrogens is 1. The molecule has 0 radical (unpaired) electrons. The number of carbonyl (C=O) groups is 1. The summed E-state index contributed by atoms with van der Waals surface area (Å²) >= 11 is 5.95. The number of hydrogen-bond acceptors (Lipinski definition) is 5. The summed E-state index contributed by atoms with van der Waals surface area (Å²) in [6, 6.07) is 1.57. The Balaban J connectivity index is 1.93. The van der Waals surface area contributed by atoms with E-state index in [1.165, 1.54) is 12.6 Å². The lowest BCUT2D eigenvalue weighted by atomic mass is 10.2. The number of furan rings is 1. The zero-order valence-electron chi connectivity index (χ0n) is 9.77. The van der Waals surface area contributed by atoms with Crippen LogP contribution >= 0.6 is 11.6 Å². The molecule has 0 fully saturated rings. The Labute approximate surface area is 112 Å². The molecule has 0 saturated heterocycles. The summed E-state index contributed by atoms with van der Waals surface area (Å²) in [5, 5.41) is 2.74. The second-order valence-corrected chi connectivity index (χ2v) is 4.14. The molecule has 3 aromatic heterocycles. The maximum atomic E-state index is 12.0. The number of nitrogens with one attached hydrogen (secondary N) is 2. The monoisotopic (exact) mass is 277 g/mol. The third-order valence-electron chi connectivity index (χ3n) is 2.57. The van der Waals surface area contributed by atoms with Crippen molar-refractivity contribution in [1.82, 2.24) is 19.9 Å². The van der Waals surface area contributed by atoms with Crippen molar-refractivity contribution < 1.29 is 9.21 Å². The van der Waals surface area contributed by atoms with E-state index in [9.17, 15) is 4.79 Å². The second kappa shape index (κ2) is 4.36. The first-order valence-electron chi connectivity index (χ1n) is 5.37. The van der Waals surface area contributed by atoms with Crippen LogP contribution in [-0.2, 0) is 0 Å². The lowest BCUT2D eigenvalue weighted by Gasteiger charge is -2.03. The molecule has 0 aromatic carbocycles. The van der Waals surface area contributed by atoms with E-state index >= 15 is 0 Å². The van der Waals surface area contributed by atoms with Gasteiger partial charge in [-0.25, -0.2) is 4.98 Å². The first-order chi connectivity index (χ1) is 9.15. The first-order valence-corrected chi connectivity index (χ1v) is 5.75. The number of aromatic nitrogens is 4. The third kappa shape index (κ3) is 2.04. The van der Waals surface area contributed by atoms with Crippen LogP contribution in [0.5, 0.6) is 0 Å². The van der Waals surface area contributed by atoms with Gasteiger partial charge in [-0.05, 0) is 13.0 Å². The van der Waals surface area contributed by atoms with Crippen molar-refractivity contribution in [3.63, 3.8) is 0 Å². The van der Waals surface area contributed by atoms with Crippen LogP contribution in [0.2, 0.25) is 5.15 Å². The molecule has 0 saturated carbocycles. The molecule has 3 rings (SSSR count). The summed E-state index contributed by atoms with van der Waals surface area (Å²) in [6.45, 7) is 1.69. The lowest BCUT2D eigenvalue weighted by Crippen LogP contribution is -2.14. The Hall–Kier alpha value is -2.41. The summed E-state index contributed by atoms with van der Waals surface area (Å²) in [5.41, 5.74) is 1.33. The number of imidazole rings is 1. The summed E-state index contributed by atoms with van der Waals surface area (Å²) < 4.78 is 5.06. The van der Waals surface area contributed by atoms with E-state index in [2.05, 4.69) is 25.3 Å². The molecule has 0 unspecified atom stereocenters. The standard InChI is InChI=1S/C11H8ClN5O2/c1-5-6(2-3-19-5)10(18)17-11-15-8(12)7-9(16-11)14-4-13-7/h2-4H,1H3,(H2,13,14,15,16,17,18). The SMILES string of the molecule is Cc1occc1C(=O)Nc1nc(Cl)c2[nH]cnc2n1. The van der Waals surface area contributed by atoms with Gasteiger partial charge in [0.2, 0.25) is 5.95 Å². The molecule has 0 bridgehead atoms. The van der Waals surface area contributed by atoms with Crippen molar-refractivity contribution >= 4 is 34.6 Å². The van der Waals surface area contributed by atoms with Gasteiger partial charge in [-0.15, -0.1) is 0 Å². The molecule has 3 aromatic rings. The molecule has 0 aliphatic heterocycles. The van der Waals surface area contributed by atoms with Crippen LogP contribution in [0.1, 0.15) is 16.1 Å². The Morgan fingerprint density at radius 1 is 1.47 bits per heavy atom. The van der Waals surface area contributed by atoms with Gasteiger partial charge in [-0.2, -0.15) is 9.97 Å². The maximum Gasteiger partial charge on any atom is 0.261 e. The predicted octanol–water partition coefficient (Wildman–Crippen LogP) is 2.16. The highest BCUT2D eigenvalue weighted by molar-refractivity contribution is 6.33. The van der Waals surface area contributed by atoms with Crippen molar-refractivity contribution in [2.75, 3.05) is 5.32 Å². The summed E-state index contributed by atoms with van der Waals surface area (Å²) in [4.78, 5) is 26.8. The van der Waals surface area contributed by atoms with Gasteiger partial charge in [-0.3, -0.25) is 10.1 Å². The number of hydrogen-bond donors (Lipinski definition) is 2. The van der Waals surface area contributed by atoms with Crippen molar-refractivity contribution in [3.8, 4) is 0 Å². The van der Waals surface area contributed by atoms with Crippen LogP contribution in [0, 0.1) is 6.92 Å². The van der Waals surface area contributed by atoms with Gasteiger partial charge in [0.25, 0.3) is 5.91 Å².